The van der Waals surface area contributed by atoms with Gasteiger partial charge in [-0.05, 0) is 12.8 Å². The summed E-state index contributed by atoms with van der Waals surface area (Å²) in [7, 11) is 0. The van der Waals surface area contributed by atoms with Crippen LogP contribution in [0.15, 0.2) is 0 Å². The van der Waals surface area contributed by atoms with Crippen LogP contribution in [0.5, 0.6) is 0 Å². The molecule has 0 unspecified atom stereocenters. The zero-order valence-corrected chi connectivity index (χ0v) is 16.4. The summed E-state index contributed by atoms with van der Waals surface area (Å²) in [6.07, 6.45) is 21.7. The molecule has 0 aliphatic heterocycles. The Balaban J connectivity index is 1.66. The molecule has 1 aromatic heterocycles. The average molecular weight is 367 g/mol. The Hall–Kier alpha value is -1.46. The van der Waals surface area contributed by atoms with Gasteiger partial charge in [0.15, 0.2) is 5.82 Å². The van der Waals surface area contributed by atoms with Crippen LogP contribution in [-0.4, -0.2) is 31.7 Å². The molecule has 150 valence electrons. The summed E-state index contributed by atoms with van der Waals surface area (Å²) in [4.78, 5) is 10.4. The van der Waals surface area contributed by atoms with E-state index in [9.17, 15) is 4.79 Å². The van der Waals surface area contributed by atoms with Crippen LogP contribution in [0.1, 0.15) is 115 Å². The molecule has 0 spiro atoms. The number of rotatable bonds is 19. The van der Waals surface area contributed by atoms with Crippen LogP contribution >= 0.6 is 0 Å². The van der Waals surface area contributed by atoms with Crippen molar-refractivity contribution in [2.24, 2.45) is 0 Å². The fourth-order valence-electron chi connectivity index (χ4n) is 3.32. The van der Waals surface area contributed by atoms with E-state index < -0.39 is 5.97 Å². The molecular weight excluding hydrogens is 328 g/mol. The van der Waals surface area contributed by atoms with Gasteiger partial charge in [0.25, 0.3) is 0 Å². The summed E-state index contributed by atoms with van der Waals surface area (Å²) in [5.41, 5.74) is 0. The summed E-state index contributed by atoms with van der Waals surface area (Å²) in [6, 6.07) is 0. The van der Waals surface area contributed by atoms with Crippen LogP contribution in [0.4, 0.5) is 0 Å². The highest BCUT2D eigenvalue weighted by molar-refractivity contribution is 5.66. The monoisotopic (exact) mass is 366 g/mol. The number of hydrogen-bond donors (Lipinski definition) is 2. The third kappa shape index (κ3) is 14.8. The molecule has 1 heterocycles. The van der Waals surface area contributed by atoms with Crippen LogP contribution in [0.2, 0.25) is 0 Å². The van der Waals surface area contributed by atoms with Gasteiger partial charge in [0, 0.05) is 12.8 Å². The maximum absolute atomic E-state index is 10.4. The number of nitrogens with one attached hydrogen (secondary N) is 1. The fraction of sp³-hybridized carbons (Fsp3) is 0.900. The van der Waals surface area contributed by atoms with Gasteiger partial charge in [-0.1, -0.05) is 95.1 Å². The number of nitrogens with zero attached hydrogens (tertiary/aromatic N) is 3. The van der Waals surface area contributed by atoms with E-state index in [4.69, 9.17) is 5.11 Å². The zero-order chi connectivity index (χ0) is 18.7. The van der Waals surface area contributed by atoms with Gasteiger partial charge in [0.05, 0.1) is 0 Å². The molecule has 0 aromatic carbocycles. The number of hydrogen-bond acceptors (Lipinski definition) is 4. The van der Waals surface area contributed by atoms with E-state index in [0.29, 0.717) is 6.42 Å². The number of aromatic nitrogens is 4. The smallest absolute Gasteiger partial charge is 0.303 e. The Morgan fingerprint density at radius 2 is 1.12 bits per heavy atom. The molecule has 0 radical (unpaired) electrons. The van der Waals surface area contributed by atoms with Crippen molar-refractivity contribution in [3.63, 3.8) is 0 Å². The molecule has 0 aliphatic carbocycles. The third-order valence-corrected chi connectivity index (χ3v) is 4.93. The molecule has 26 heavy (non-hydrogen) atoms. The summed E-state index contributed by atoms with van der Waals surface area (Å²) in [5.74, 6) is 0.175. The summed E-state index contributed by atoms with van der Waals surface area (Å²) in [5, 5.41) is 22.6. The molecule has 0 amide bonds. The standard InChI is InChI=1S/C20H38N4O2/c25-20(26)18-16-14-12-10-8-6-4-2-1-3-5-7-9-11-13-15-17-19-21-23-24-22-19/h1-18H2,(H,25,26)(H,21,22,23,24). The number of aromatic amines is 1. The number of aliphatic carboxylic acids is 1. The van der Waals surface area contributed by atoms with Gasteiger partial charge >= 0.3 is 5.97 Å². The first-order chi connectivity index (χ1) is 12.8. The lowest BCUT2D eigenvalue weighted by molar-refractivity contribution is -0.137. The van der Waals surface area contributed by atoms with Crippen molar-refractivity contribution < 1.29 is 9.90 Å². The van der Waals surface area contributed by atoms with E-state index in [-0.39, 0.29) is 0 Å². The quantitative estimate of drug-likeness (QED) is 0.317. The topological polar surface area (TPSA) is 91.8 Å². The van der Waals surface area contributed by atoms with Crippen molar-refractivity contribution in [1.29, 1.82) is 0 Å². The van der Waals surface area contributed by atoms with Gasteiger partial charge in [-0.2, -0.15) is 5.21 Å². The van der Waals surface area contributed by atoms with Gasteiger partial charge in [0.1, 0.15) is 0 Å². The maximum Gasteiger partial charge on any atom is 0.303 e. The molecule has 0 saturated heterocycles. The molecule has 6 nitrogen and oxygen atoms in total. The SMILES string of the molecule is O=C(O)CCCCCCCCCCCCCCCCCCc1nn[nH]n1. The minimum atomic E-state index is -0.662. The number of carboxylic acids is 1. The molecule has 6 heteroatoms. The van der Waals surface area contributed by atoms with Crippen LogP contribution in [0, 0.1) is 0 Å². The predicted molar refractivity (Wildman–Crippen MR) is 104 cm³/mol. The highest BCUT2D eigenvalue weighted by Crippen LogP contribution is 2.14. The van der Waals surface area contributed by atoms with E-state index in [2.05, 4.69) is 20.6 Å². The lowest BCUT2D eigenvalue weighted by Crippen LogP contribution is -1.93. The molecule has 0 bridgehead atoms. The highest BCUT2D eigenvalue weighted by atomic mass is 16.4. The van der Waals surface area contributed by atoms with Crippen LogP contribution in [-0.2, 0) is 11.2 Å². The Kier molecular flexibility index (Phi) is 14.7. The van der Waals surface area contributed by atoms with E-state index in [1.54, 1.807) is 0 Å². The van der Waals surface area contributed by atoms with Gasteiger partial charge in [0.2, 0.25) is 0 Å². The van der Waals surface area contributed by atoms with E-state index in [1.807, 2.05) is 0 Å². The first-order valence-electron chi connectivity index (χ1n) is 10.7. The Labute approximate surface area is 158 Å². The molecular formula is C20H38N4O2. The third-order valence-electron chi connectivity index (χ3n) is 4.93. The molecule has 2 N–H and O–H groups in total. The molecule has 0 atom stereocenters. The van der Waals surface area contributed by atoms with Gasteiger partial charge in [-0.25, -0.2) is 0 Å². The first-order valence-corrected chi connectivity index (χ1v) is 10.7. The van der Waals surface area contributed by atoms with Gasteiger partial charge < -0.3 is 5.11 Å². The van der Waals surface area contributed by atoms with E-state index in [1.165, 1.54) is 89.9 Å². The van der Waals surface area contributed by atoms with Crippen LogP contribution in [0.3, 0.4) is 0 Å². The number of H-pyrrole nitrogens is 1. The molecule has 1 aromatic rings. The fourth-order valence-corrected chi connectivity index (χ4v) is 3.32. The van der Waals surface area contributed by atoms with E-state index in [0.717, 1.165) is 25.1 Å². The molecule has 0 aliphatic rings. The maximum atomic E-state index is 10.4. The van der Waals surface area contributed by atoms with Crippen molar-refractivity contribution in [2.45, 2.75) is 116 Å². The minimum Gasteiger partial charge on any atom is -0.481 e. The number of carbonyl (C=O) groups is 1. The number of carboxylic acid groups (broad SMARTS) is 1. The first kappa shape index (κ1) is 22.6. The highest BCUT2D eigenvalue weighted by Gasteiger charge is 1.99. The van der Waals surface area contributed by atoms with Crippen molar-refractivity contribution in [2.75, 3.05) is 0 Å². The Morgan fingerprint density at radius 3 is 1.50 bits per heavy atom. The lowest BCUT2D eigenvalue weighted by Gasteiger charge is -2.03. The van der Waals surface area contributed by atoms with Gasteiger partial charge in [-0.15, -0.1) is 10.2 Å². The second-order valence-electron chi connectivity index (χ2n) is 7.38. The molecule has 1 rings (SSSR count). The van der Waals surface area contributed by atoms with Crippen LogP contribution < -0.4 is 0 Å². The zero-order valence-electron chi connectivity index (χ0n) is 16.4. The summed E-state index contributed by atoms with van der Waals surface area (Å²) in [6.45, 7) is 0. The average Bonchev–Trinajstić information content (AvgIpc) is 3.14. The molecule has 0 saturated carbocycles. The van der Waals surface area contributed by atoms with Crippen molar-refractivity contribution >= 4 is 5.97 Å². The number of tetrazole rings is 1. The Bertz CT molecular complexity index is 423. The second-order valence-corrected chi connectivity index (χ2v) is 7.38. The number of unbranched alkanes of at least 4 members (excludes halogenated alkanes) is 15. The van der Waals surface area contributed by atoms with Crippen LogP contribution in [0.25, 0.3) is 0 Å². The van der Waals surface area contributed by atoms with Crippen molar-refractivity contribution in [1.82, 2.24) is 20.6 Å². The van der Waals surface area contributed by atoms with Crippen molar-refractivity contribution in [3.05, 3.63) is 5.82 Å². The normalized spacial score (nSPS) is 11.1. The minimum absolute atomic E-state index is 0.334. The summed E-state index contributed by atoms with van der Waals surface area (Å²) < 4.78 is 0. The molecule has 0 fully saturated rings. The van der Waals surface area contributed by atoms with E-state index >= 15 is 0 Å². The summed E-state index contributed by atoms with van der Waals surface area (Å²) >= 11 is 0. The van der Waals surface area contributed by atoms with Crippen molar-refractivity contribution in [3.8, 4) is 0 Å². The Morgan fingerprint density at radius 1 is 0.692 bits per heavy atom. The predicted octanol–water partition coefficient (Wildman–Crippen LogP) is 5.46. The largest absolute Gasteiger partial charge is 0.481 e. The lowest BCUT2D eigenvalue weighted by atomic mass is 10.0. The van der Waals surface area contributed by atoms with Gasteiger partial charge in [-0.3, -0.25) is 4.79 Å². The second kappa shape index (κ2) is 17.0. The number of aryl methyl sites for hydroxylation is 1.